The van der Waals surface area contributed by atoms with Gasteiger partial charge in [-0.2, -0.15) is 0 Å². The van der Waals surface area contributed by atoms with Crippen LogP contribution in [0.25, 0.3) is 0 Å². The van der Waals surface area contributed by atoms with Crippen molar-refractivity contribution in [2.75, 3.05) is 0 Å². The van der Waals surface area contributed by atoms with Gasteiger partial charge in [0.15, 0.2) is 0 Å². The lowest BCUT2D eigenvalue weighted by atomic mass is 9.82. The molecular weight excluding hydrogens is 254 g/mol. The van der Waals surface area contributed by atoms with Gasteiger partial charge in [-0.05, 0) is 25.7 Å². The maximum Gasteiger partial charge on any atom is 0.330 e. The van der Waals surface area contributed by atoms with Crippen LogP contribution >= 0.6 is 0 Å². The molecule has 1 aromatic rings. The summed E-state index contributed by atoms with van der Waals surface area (Å²) < 4.78 is 2.59. The fourth-order valence-corrected chi connectivity index (χ4v) is 2.73. The first-order valence-corrected chi connectivity index (χ1v) is 6.93. The third-order valence-electron chi connectivity index (χ3n) is 3.25. The Labute approximate surface area is 120 Å². The highest BCUT2D eigenvalue weighted by Crippen LogP contribution is 2.26. The molecule has 0 amide bonds. The normalized spacial score (nSPS) is 12.8. The second-order valence-corrected chi connectivity index (χ2v) is 7.39. The average molecular weight is 281 g/mol. The van der Waals surface area contributed by atoms with Crippen LogP contribution in [0.15, 0.2) is 15.8 Å². The summed E-state index contributed by atoms with van der Waals surface area (Å²) in [5.41, 5.74) is 0.222. The Hall–Kier alpha value is -1.36. The standard InChI is InChI=1S/C15H27N3O2/c1-14(2,3)10-15(4,5)16-8-11-9-17(6)13(20)18(7)12(11)19/h9,16H,8,10H2,1-7H3. The van der Waals surface area contributed by atoms with E-state index in [9.17, 15) is 9.59 Å². The lowest BCUT2D eigenvalue weighted by molar-refractivity contribution is 0.240. The van der Waals surface area contributed by atoms with Crippen LogP contribution in [0.1, 0.15) is 46.6 Å². The molecule has 0 radical (unpaired) electrons. The van der Waals surface area contributed by atoms with Crippen LogP contribution in [-0.2, 0) is 20.6 Å². The van der Waals surface area contributed by atoms with Crippen molar-refractivity contribution in [2.24, 2.45) is 19.5 Å². The van der Waals surface area contributed by atoms with Crippen molar-refractivity contribution in [2.45, 2.75) is 53.1 Å². The number of aryl methyl sites for hydroxylation is 1. The third kappa shape index (κ3) is 4.34. The topological polar surface area (TPSA) is 56.0 Å². The second kappa shape index (κ2) is 5.56. The van der Waals surface area contributed by atoms with Crippen molar-refractivity contribution in [3.63, 3.8) is 0 Å². The zero-order valence-corrected chi connectivity index (χ0v) is 13.7. The van der Waals surface area contributed by atoms with E-state index in [2.05, 4.69) is 39.9 Å². The Bertz CT molecular complexity index is 589. The van der Waals surface area contributed by atoms with Gasteiger partial charge in [0.25, 0.3) is 5.56 Å². The maximum absolute atomic E-state index is 12.1. The Morgan fingerprint density at radius 3 is 2.15 bits per heavy atom. The van der Waals surface area contributed by atoms with E-state index >= 15 is 0 Å². The first-order valence-electron chi connectivity index (χ1n) is 6.93. The maximum atomic E-state index is 12.1. The van der Waals surface area contributed by atoms with Gasteiger partial charge in [0.2, 0.25) is 0 Å². The molecule has 1 rings (SSSR count). The minimum absolute atomic E-state index is 0.0715. The number of aromatic nitrogens is 2. The molecule has 0 saturated heterocycles. The molecule has 0 aliphatic heterocycles. The van der Waals surface area contributed by atoms with Crippen molar-refractivity contribution in [1.82, 2.24) is 14.5 Å². The number of rotatable bonds is 4. The zero-order valence-electron chi connectivity index (χ0n) is 13.7. The molecule has 1 N–H and O–H groups in total. The molecule has 0 aliphatic rings. The van der Waals surface area contributed by atoms with Gasteiger partial charge in [-0.25, -0.2) is 4.79 Å². The largest absolute Gasteiger partial charge is 0.330 e. The molecule has 0 atom stereocenters. The second-order valence-electron chi connectivity index (χ2n) is 7.39. The minimum atomic E-state index is -0.298. The summed E-state index contributed by atoms with van der Waals surface area (Å²) in [6, 6.07) is 0. The van der Waals surface area contributed by atoms with Crippen molar-refractivity contribution in [3.05, 3.63) is 32.6 Å². The molecule has 5 nitrogen and oxygen atoms in total. The molecule has 0 spiro atoms. The van der Waals surface area contributed by atoms with Crippen LogP contribution in [-0.4, -0.2) is 14.7 Å². The van der Waals surface area contributed by atoms with Crippen molar-refractivity contribution >= 4 is 0 Å². The Morgan fingerprint density at radius 2 is 1.65 bits per heavy atom. The Balaban J connectivity index is 2.91. The first kappa shape index (κ1) is 16.7. The SMILES string of the molecule is Cn1cc(CNC(C)(C)CC(C)(C)C)c(=O)n(C)c1=O. The lowest BCUT2D eigenvalue weighted by Gasteiger charge is -2.33. The van der Waals surface area contributed by atoms with Crippen molar-refractivity contribution in [3.8, 4) is 0 Å². The zero-order chi connectivity index (χ0) is 15.7. The van der Waals surface area contributed by atoms with Gasteiger partial charge in [0, 0.05) is 37.9 Å². The van der Waals surface area contributed by atoms with Crippen LogP contribution < -0.4 is 16.6 Å². The summed E-state index contributed by atoms with van der Waals surface area (Å²) in [6.45, 7) is 11.3. The van der Waals surface area contributed by atoms with E-state index in [1.165, 1.54) is 11.6 Å². The summed E-state index contributed by atoms with van der Waals surface area (Å²) >= 11 is 0. The van der Waals surface area contributed by atoms with E-state index in [0.717, 1.165) is 11.0 Å². The van der Waals surface area contributed by atoms with Gasteiger partial charge in [0.05, 0.1) is 0 Å². The van der Waals surface area contributed by atoms with Crippen LogP contribution in [0, 0.1) is 5.41 Å². The summed E-state index contributed by atoms with van der Waals surface area (Å²) in [5, 5.41) is 3.42. The highest BCUT2D eigenvalue weighted by Gasteiger charge is 2.25. The third-order valence-corrected chi connectivity index (χ3v) is 3.25. The number of hydrogen-bond donors (Lipinski definition) is 1. The molecule has 0 saturated carbocycles. The van der Waals surface area contributed by atoms with Crippen LogP contribution in [0.5, 0.6) is 0 Å². The predicted octanol–water partition coefficient (Wildman–Crippen LogP) is 1.39. The molecule has 1 aromatic heterocycles. The monoisotopic (exact) mass is 281 g/mol. The molecule has 0 unspecified atom stereocenters. The van der Waals surface area contributed by atoms with Crippen LogP contribution in [0.2, 0.25) is 0 Å². The summed E-state index contributed by atoms with van der Waals surface area (Å²) in [4.78, 5) is 23.7. The van der Waals surface area contributed by atoms with E-state index in [0.29, 0.717) is 12.1 Å². The predicted molar refractivity (Wildman–Crippen MR) is 81.9 cm³/mol. The van der Waals surface area contributed by atoms with Gasteiger partial charge >= 0.3 is 5.69 Å². The van der Waals surface area contributed by atoms with E-state index < -0.39 is 0 Å². The van der Waals surface area contributed by atoms with Gasteiger partial charge in [-0.15, -0.1) is 0 Å². The summed E-state index contributed by atoms with van der Waals surface area (Å²) in [7, 11) is 3.17. The van der Waals surface area contributed by atoms with E-state index in [4.69, 9.17) is 0 Å². The van der Waals surface area contributed by atoms with Crippen LogP contribution in [0.4, 0.5) is 0 Å². The summed E-state index contributed by atoms with van der Waals surface area (Å²) in [5.74, 6) is 0. The number of nitrogens with zero attached hydrogens (tertiary/aromatic N) is 2. The Morgan fingerprint density at radius 1 is 1.10 bits per heavy atom. The van der Waals surface area contributed by atoms with Crippen LogP contribution in [0.3, 0.4) is 0 Å². The number of hydrogen-bond acceptors (Lipinski definition) is 3. The molecule has 0 bridgehead atoms. The highest BCUT2D eigenvalue weighted by atomic mass is 16.2. The molecular formula is C15H27N3O2. The smallest absolute Gasteiger partial charge is 0.307 e. The molecule has 0 aromatic carbocycles. The van der Waals surface area contributed by atoms with Crippen molar-refractivity contribution in [1.29, 1.82) is 0 Å². The molecule has 20 heavy (non-hydrogen) atoms. The van der Waals surface area contributed by atoms with Crippen molar-refractivity contribution < 1.29 is 0 Å². The van der Waals surface area contributed by atoms with E-state index in [1.807, 2.05) is 0 Å². The number of nitrogens with one attached hydrogen (secondary N) is 1. The molecule has 0 aliphatic carbocycles. The van der Waals surface area contributed by atoms with Gasteiger partial charge in [0.1, 0.15) is 0 Å². The summed E-state index contributed by atoms with van der Waals surface area (Å²) in [6.07, 6.45) is 2.61. The van der Waals surface area contributed by atoms with Gasteiger partial charge < -0.3 is 9.88 Å². The minimum Gasteiger partial charge on any atom is -0.307 e. The highest BCUT2D eigenvalue weighted by molar-refractivity contribution is 5.06. The molecule has 0 fully saturated rings. The molecule has 1 heterocycles. The Kier molecular flexibility index (Phi) is 4.64. The molecule has 114 valence electrons. The molecule has 5 heteroatoms. The van der Waals surface area contributed by atoms with E-state index in [-0.39, 0.29) is 22.2 Å². The lowest BCUT2D eigenvalue weighted by Crippen LogP contribution is -2.45. The quantitative estimate of drug-likeness (QED) is 0.907. The first-order chi connectivity index (χ1) is 8.93. The fraction of sp³-hybridized carbons (Fsp3) is 0.733. The van der Waals surface area contributed by atoms with Gasteiger partial charge in [-0.3, -0.25) is 9.36 Å². The average Bonchev–Trinajstić information content (AvgIpc) is 2.26. The van der Waals surface area contributed by atoms with Gasteiger partial charge in [-0.1, -0.05) is 20.8 Å². The van der Waals surface area contributed by atoms with E-state index in [1.54, 1.807) is 13.2 Å². The fourth-order valence-electron chi connectivity index (χ4n) is 2.73.